The summed E-state index contributed by atoms with van der Waals surface area (Å²) in [7, 11) is 0. The largest absolute Gasteiger partial charge is 0.484 e. The highest BCUT2D eigenvalue weighted by Gasteiger charge is 2.12. The summed E-state index contributed by atoms with van der Waals surface area (Å²) in [6.45, 7) is 16.6. The first-order chi connectivity index (χ1) is 13.9. The molecule has 1 amide bonds. The molecule has 0 unspecified atom stereocenters. The molecule has 1 rings (SSSR count). The third-order valence-corrected chi connectivity index (χ3v) is 4.40. The second kappa shape index (κ2) is 13.8. The summed E-state index contributed by atoms with van der Waals surface area (Å²) in [4.78, 5) is 18.7. The van der Waals surface area contributed by atoms with Gasteiger partial charge in [0.05, 0.1) is 6.54 Å². The van der Waals surface area contributed by atoms with Crippen molar-refractivity contribution in [3.63, 3.8) is 0 Å². The van der Waals surface area contributed by atoms with Gasteiger partial charge in [0.1, 0.15) is 5.75 Å². The zero-order chi connectivity index (χ0) is 21.6. The molecule has 0 heterocycles. The number of ether oxygens (including phenoxy) is 1. The van der Waals surface area contributed by atoms with Gasteiger partial charge in [-0.2, -0.15) is 0 Å². The third-order valence-electron chi connectivity index (χ3n) is 4.40. The number of amides is 1. The van der Waals surface area contributed by atoms with Crippen LogP contribution in [0.25, 0.3) is 0 Å². The van der Waals surface area contributed by atoms with E-state index in [0.717, 1.165) is 31.2 Å². The van der Waals surface area contributed by atoms with Crippen LogP contribution in [0.5, 0.6) is 5.75 Å². The van der Waals surface area contributed by atoms with Crippen LogP contribution in [0.15, 0.2) is 29.3 Å². The van der Waals surface area contributed by atoms with Crippen LogP contribution in [-0.4, -0.2) is 61.6 Å². The maximum Gasteiger partial charge on any atom is 0.257 e. The molecule has 0 aliphatic rings. The first-order valence-electron chi connectivity index (χ1n) is 10.6. The number of carbonyl (C=O) groups excluding carboxylic acids is 1. The molecule has 0 aromatic heterocycles. The predicted molar refractivity (Wildman–Crippen MR) is 120 cm³/mol. The highest BCUT2D eigenvalue weighted by atomic mass is 16.5. The summed E-state index contributed by atoms with van der Waals surface area (Å²) in [5.41, 5.74) is 1.03. The number of hydrogen-bond donors (Lipinski definition) is 3. The van der Waals surface area contributed by atoms with Crippen molar-refractivity contribution >= 4 is 11.9 Å². The minimum Gasteiger partial charge on any atom is -0.484 e. The average Bonchev–Trinajstić information content (AvgIpc) is 2.67. The van der Waals surface area contributed by atoms with Gasteiger partial charge < -0.3 is 20.7 Å². The Morgan fingerprint density at radius 2 is 1.76 bits per heavy atom. The number of rotatable bonds is 12. The molecule has 7 heteroatoms. The van der Waals surface area contributed by atoms with Crippen molar-refractivity contribution in [2.75, 3.05) is 32.8 Å². The Hall–Kier alpha value is -2.28. The number of likely N-dealkylation sites (N-methyl/N-ethyl adjacent to an activating group) is 1. The standard InChI is InChI=1S/C22H39N5O2/c1-7-23-21(28)16-29-20-11-9-10-19(14-20)15-26-22(24-8-2)25-12-13-27(17(3)4)18(5)6/h9-11,14,17-18H,7-8,12-13,15-16H2,1-6H3,(H,23,28)(H2,24,25,26). The zero-order valence-electron chi connectivity index (χ0n) is 18.9. The van der Waals surface area contributed by atoms with Crippen LogP contribution in [0.2, 0.25) is 0 Å². The number of guanidine groups is 1. The number of nitrogens with one attached hydrogen (secondary N) is 3. The van der Waals surface area contributed by atoms with Crippen LogP contribution in [0, 0.1) is 0 Å². The van der Waals surface area contributed by atoms with Crippen molar-refractivity contribution in [2.24, 2.45) is 4.99 Å². The van der Waals surface area contributed by atoms with Gasteiger partial charge in [-0.3, -0.25) is 9.69 Å². The minimum absolute atomic E-state index is 0.0208. The van der Waals surface area contributed by atoms with E-state index in [4.69, 9.17) is 4.74 Å². The Balaban J connectivity index is 2.61. The fourth-order valence-electron chi connectivity index (χ4n) is 3.06. The normalized spacial score (nSPS) is 11.8. The minimum atomic E-state index is -0.119. The maximum absolute atomic E-state index is 11.5. The predicted octanol–water partition coefficient (Wildman–Crippen LogP) is 2.38. The van der Waals surface area contributed by atoms with Gasteiger partial charge in [-0.05, 0) is 59.2 Å². The molecule has 0 radical (unpaired) electrons. The molecular weight excluding hydrogens is 366 g/mol. The Morgan fingerprint density at radius 3 is 2.38 bits per heavy atom. The van der Waals surface area contributed by atoms with Gasteiger partial charge in [0.25, 0.3) is 5.91 Å². The molecule has 0 atom stereocenters. The topological polar surface area (TPSA) is 78.0 Å². The van der Waals surface area contributed by atoms with Gasteiger partial charge in [-0.1, -0.05) is 12.1 Å². The lowest BCUT2D eigenvalue weighted by Crippen LogP contribution is -2.45. The lowest BCUT2D eigenvalue weighted by atomic mass is 10.2. The first-order valence-corrected chi connectivity index (χ1v) is 10.6. The van der Waals surface area contributed by atoms with E-state index in [0.29, 0.717) is 30.9 Å². The van der Waals surface area contributed by atoms with Crippen LogP contribution in [0.4, 0.5) is 0 Å². The van der Waals surface area contributed by atoms with Gasteiger partial charge in [-0.15, -0.1) is 0 Å². The summed E-state index contributed by atoms with van der Waals surface area (Å²) in [6, 6.07) is 8.72. The van der Waals surface area contributed by atoms with Gasteiger partial charge in [0.15, 0.2) is 12.6 Å². The van der Waals surface area contributed by atoms with Crippen LogP contribution in [0.3, 0.4) is 0 Å². The summed E-state index contributed by atoms with van der Waals surface area (Å²) in [6.07, 6.45) is 0. The van der Waals surface area contributed by atoms with Gasteiger partial charge in [0, 0.05) is 38.3 Å². The van der Waals surface area contributed by atoms with Crippen molar-refractivity contribution < 1.29 is 9.53 Å². The molecule has 164 valence electrons. The van der Waals surface area contributed by atoms with Gasteiger partial charge >= 0.3 is 0 Å². The number of aliphatic imine (C=N–C) groups is 1. The lowest BCUT2D eigenvalue weighted by molar-refractivity contribution is -0.122. The SMILES string of the molecule is CCNC(=O)COc1cccc(CN=C(NCC)NCCN(C(C)C)C(C)C)c1. The van der Waals surface area contributed by atoms with Crippen molar-refractivity contribution in [1.82, 2.24) is 20.9 Å². The third kappa shape index (κ3) is 10.2. The van der Waals surface area contributed by atoms with Gasteiger partial charge in [-0.25, -0.2) is 4.99 Å². The van der Waals surface area contributed by atoms with Crippen molar-refractivity contribution in [3.05, 3.63) is 29.8 Å². The monoisotopic (exact) mass is 405 g/mol. The maximum atomic E-state index is 11.5. The molecular formula is C22H39N5O2. The van der Waals surface area contributed by atoms with Gasteiger partial charge in [0.2, 0.25) is 0 Å². The summed E-state index contributed by atoms with van der Waals surface area (Å²) >= 11 is 0. The second-order valence-electron chi connectivity index (χ2n) is 7.44. The van der Waals surface area contributed by atoms with Crippen molar-refractivity contribution in [3.8, 4) is 5.75 Å². The fraction of sp³-hybridized carbons (Fsp3) is 0.636. The van der Waals surface area contributed by atoms with Crippen molar-refractivity contribution in [2.45, 2.75) is 60.2 Å². The Bertz CT molecular complexity index is 623. The van der Waals surface area contributed by atoms with Crippen LogP contribution >= 0.6 is 0 Å². The first kappa shape index (κ1) is 24.8. The number of carbonyl (C=O) groups is 1. The Labute approximate surface area is 176 Å². The zero-order valence-corrected chi connectivity index (χ0v) is 18.9. The summed E-state index contributed by atoms with van der Waals surface area (Å²) in [5, 5.41) is 9.42. The highest BCUT2D eigenvalue weighted by Crippen LogP contribution is 2.14. The molecule has 0 aliphatic heterocycles. The van der Waals surface area contributed by atoms with Crippen molar-refractivity contribution in [1.29, 1.82) is 0 Å². The highest BCUT2D eigenvalue weighted by molar-refractivity contribution is 5.79. The quantitative estimate of drug-likeness (QED) is 0.368. The molecule has 3 N–H and O–H groups in total. The second-order valence-corrected chi connectivity index (χ2v) is 7.44. The van der Waals surface area contributed by atoms with E-state index in [2.05, 4.69) is 60.5 Å². The van der Waals surface area contributed by atoms with Crippen LogP contribution in [-0.2, 0) is 11.3 Å². The molecule has 0 bridgehead atoms. The fourth-order valence-corrected chi connectivity index (χ4v) is 3.06. The van der Waals surface area contributed by atoms with E-state index in [-0.39, 0.29) is 12.5 Å². The van der Waals surface area contributed by atoms with E-state index in [1.54, 1.807) is 0 Å². The van der Waals surface area contributed by atoms with E-state index >= 15 is 0 Å². The van der Waals surface area contributed by atoms with E-state index in [1.807, 2.05) is 31.2 Å². The van der Waals surface area contributed by atoms with Crippen LogP contribution in [0.1, 0.15) is 47.1 Å². The van der Waals surface area contributed by atoms with E-state index in [1.165, 1.54) is 0 Å². The lowest BCUT2D eigenvalue weighted by Gasteiger charge is -2.30. The van der Waals surface area contributed by atoms with E-state index < -0.39 is 0 Å². The molecule has 0 fully saturated rings. The molecule has 7 nitrogen and oxygen atoms in total. The molecule has 1 aromatic carbocycles. The molecule has 0 saturated carbocycles. The number of benzene rings is 1. The molecule has 29 heavy (non-hydrogen) atoms. The summed E-state index contributed by atoms with van der Waals surface area (Å²) in [5.74, 6) is 1.35. The molecule has 0 aliphatic carbocycles. The average molecular weight is 406 g/mol. The number of hydrogen-bond acceptors (Lipinski definition) is 4. The van der Waals surface area contributed by atoms with Crippen LogP contribution < -0.4 is 20.7 Å². The summed E-state index contributed by atoms with van der Waals surface area (Å²) < 4.78 is 5.55. The Kier molecular flexibility index (Phi) is 11.8. The Morgan fingerprint density at radius 1 is 1.07 bits per heavy atom. The molecule has 0 saturated heterocycles. The molecule has 0 spiro atoms. The smallest absolute Gasteiger partial charge is 0.257 e. The number of nitrogens with zero attached hydrogens (tertiary/aromatic N) is 2. The molecule has 1 aromatic rings. The van der Waals surface area contributed by atoms with E-state index in [9.17, 15) is 4.79 Å².